The van der Waals surface area contributed by atoms with Crippen molar-refractivity contribution in [2.24, 2.45) is 0 Å². The Hall–Kier alpha value is -1.06. The van der Waals surface area contributed by atoms with E-state index in [4.69, 9.17) is 9.47 Å². The molecule has 0 radical (unpaired) electrons. The predicted molar refractivity (Wildman–Crippen MR) is 64.0 cm³/mol. The summed E-state index contributed by atoms with van der Waals surface area (Å²) in [4.78, 5) is 0. The minimum Gasteiger partial charge on any atom is -0.494 e. The van der Waals surface area contributed by atoms with Crippen LogP contribution in [-0.4, -0.2) is 32.9 Å². The molecule has 0 saturated carbocycles. The molecule has 3 heteroatoms. The van der Waals surface area contributed by atoms with Gasteiger partial charge in [0.15, 0.2) is 0 Å². The van der Waals surface area contributed by atoms with Gasteiger partial charge < -0.3 is 14.8 Å². The molecule has 1 fully saturated rings. The second-order valence-corrected chi connectivity index (χ2v) is 3.98. The second kappa shape index (κ2) is 5.87. The zero-order chi connectivity index (χ0) is 11.2. The van der Waals surface area contributed by atoms with Gasteiger partial charge in [0.1, 0.15) is 5.75 Å². The van der Waals surface area contributed by atoms with Gasteiger partial charge in [-0.1, -0.05) is 12.1 Å². The van der Waals surface area contributed by atoms with E-state index >= 15 is 0 Å². The molecule has 1 N–H and O–H groups in total. The average molecular weight is 221 g/mol. The van der Waals surface area contributed by atoms with Crippen LogP contribution in [0.25, 0.3) is 0 Å². The van der Waals surface area contributed by atoms with E-state index < -0.39 is 0 Å². The molecule has 1 unspecified atom stereocenters. The number of benzene rings is 1. The summed E-state index contributed by atoms with van der Waals surface area (Å²) >= 11 is 0. The van der Waals surface area contributed by atoms with Gasteiger partial charge >= 0.3 is 0 Å². The van der Waals surface area contributed by atoms with Crippen molar-refractivity contribution in [1.82, 2.24) is 5.32 Å². The van der Waals surface area contributed by atoms with Crippen LogP contribution in [0, 0.1) is 0 Å². The molecule has 1 aliphatic heterocycles. The van der Waals surface area contributed by atoms with Gasteiger partial charge in [-0.2, -0.15) is 0 Å². The van der Waals surface area contributed by atoms with Crippen molar-refractivity contribution in [3.05, 3.63) is 29.8 Å². The van der Waals surface area contributed by atoms with E-state index in [1.807, 2.05) is 19.1 Å². The first-order valence-corrected chi connectivity index (χ1v) is 5.91. The van der Waals surface area contributed by atoms with Crippen LogP contribution >= 0.6 is 0 Å². The lowest BCUT2D eigenvalue weighted by Gasteiger charge is -2.14. The van der Waals surface area contributed by atoms with Gasteiger partial charge in [0.25, 0.3) is 0 Å². The molecule has 1 aromatic carbocycles. The smallest absolute Gasteiger partial charge is 0.119 e. The summed E-state index contributed by atoms with van der Waals surface area (Å²) in [5.41, 5.74) is 1.32. The Morgan fingerprint density at radius 2 is 2.19 bits per heavy atom. The largest absolute Gasteiger partial charge is 0.494 e. The van der Waals surface area contributed by atoms with E-state index in [0.29, 0.717) is 12.5 Å². The summed E-state index contributed by atoms with van der Waals surface area (Å²) in [6.45, 7) is 6.28. The van der Waals surface area contributed by atoms with E-state index in [0.717, 1.165) is 32.1 Å². The highest BCUT2D eigenvalue weighted by Crippen LogP contribution is 2.20. The third-order valence-corrected chi connectivity index (χ3v) is 2.80. The predicted octanol–water partition coefficient (Wildman–Crippen LogP) is 1.79. The molecule has 88 valence electrons. The van der Waals surface area contributed by atoms with Gasteiger partial charge in [-0.25, -0.2) is 0 Å². The molecule has 1 heterocycles. The molecule has 0 aliphatic carbocycles. The first-order chi connectivity index (χ1) is 7.90. The average Bonchev–Trinajstić information content (AvgIpc) is 2.59. The molecule has 1 saturated heterocycles. The molecular weight excluding hydrogens is 202 g/mol. The fraction of sp³-hybridized carbons (Fsp3) is 0.538. The summed E-state index contributed by atoms with van der Waals surface area (Å²) in [6, 6.07) is 8.32. The first-order valence-electron chi connectivity index (χ1n) is 5.91. The zero-order valence-corrected chi connectivity index (χ0v) is 9.74. The second-order valence-electron chi connectivity index (χ2n) is 3.98. The Balaban J connectivity index is 2.01. The van der Waals surface area contributed by atoms with Crippen molar-refractivity contribution in [2.75, 3.05) is 32.9 Å². The van der Waals surface area contributed by atoms with Crippen molar-refractivity contribution in [2.45, 2.75) is 12.8 Å². The van der Waals surface area contributed by atoms with Crippen molar-refractivity contribution >= 4 is 0 Å². The van der Waals surface area contributed by atoms with Crippen LogP contribution in [0.15, 0.2) is 24.3 Å². The number of hydrogen-bond donors (Lipinski definition) is 1. The zero-order valence-electron chi connectivity index (χ0n) is 9.74. The van der Waals surface area contributed by atoms with Crippen LogP contribution in [0.2, 0.25) is 0 Å². The molecule has 0 bridgehead atoms. The van der Waals surface area contributed by atoms with Crippen molar-refractivity contribution in [3.63, 3.8) is 0 Å². The highest BCUT2D eigenvalue weighted by molar-refractivity contribution is 5.29. The van der Waals surface area contributed by atoms with E-state index in [2.05, 4.69) is 17.4 Å². The maximum atomic E-state index is 5.55. The normalized spacial score (nSPS) is 21.4. The molecule has 1 aliphatic rings. The molecule has 1 atom stereocenters. The maximum Gasteiger partial charge on any atom is 0.119 e. The van der Waals surface area contributed by atoms with E-state index in [1.165, 1.54) is 5.56 Å². The lowest BCUT2D eigenvalue weighted by atomic mass is 10.00. The molecule has 0 spiro atoms. The third kappa shape index (κ3) is 2.97. The molecule has 1 aromatic rings. The Bertz CT molecular complexity index is 302. The minimum absolute atomic E-state index is 0.457. The van der Waals surface area contributed by atoms with Crippen LogP contribution in [0.1, 0.15) is 18.4 Å². The fourth-order valence-electron chi connectivity index (χ4n) is 1.92. The SMILES string of the molecule is CCOc1ccc(C2CNCCOC2)cc1. The Morgan fingerprint density at radius 3 is 2.94 bits per heavy atom. The van der Waals surface area contributed by atoms with Crippen LogP contribution in [0.5, 0.6) is 5.75 Å². The van der Waals surface area contributed by atoms with E-state index in [-0.39, 0.29) is 0 Å². The van der Waals surface area contributed by atoms with Gasteiger partial charge in [-0.15, -0.1) is 0 Å². The van der Waals surface area contributed by atoms with E-state index in [9.17, 15) is 0 Å². The topological polar surface area (TPSA) is 30.5 Å². The highest BCUT2D eigenvalue weighted by Gasteiger charge is 2.14. The summed E-state index contributed by atoms with van der Waals surface area (Å²) in [7, 11) is 0. The molecular formula is C13H19NO2. The van der Waals surface area contributed by atoms with Gasteiger partial charge in [0.05, 0.1) is 19.8 Å². The van der Waals surface area contributed by atoms with Gasteiger partial charge in [-0.3, -0.25) is 0 Å². The Kier molecular flexibility index (Phi) is 4.19. The summed E-state index contributed by atoms with van der Waals surface area (Å²) < 4.78 is 11.0. The van der Waals surface area contributed by atoms with Crippen LogP contribution < -0.4 is 10.1 Å². The fourth-order valence-corrected chi connectivity index (χ4v) is 1.92. The maximum absolute atomic E-state index is 5.55. The van der Waals surface area contributed by atoms with Crippen LogP contribution in [-0.2, 0) is 4.74 Å². The highest BCUT2D eigenvalue weighted by atomic mass is 16.5. The number of rotatable bonds is 3. The van der Waals surface area contributed by atoms with Gasteiger partial charge in [-0.05, 0) is 24.6 Å². The van der Waals surface area contributed by atoms with Crippen molar-refractivity contribution in [1.29, 1.82) is 0 Å². The van der Waals surface area contributed by atoms with E-state index in [1.54, 1.807) is 0 Å². The number of nitrogens with one attached hydrogen (secondary N) is 1. The summed E-state index contributed by atoms with van der Waals surface area (Å²) in [6.07, 6.45) is 0. The third-order valence-electron chi connectivity index (χ3n) is 2.80. The summed E-state index contributed by atoms with van der Waals surface area (Å²) in [5.74, 6) is 1.40. The molecule has 16 heavy (non-hydrogen) atoms. The van der Waals surface area contributed by atoms with Crippen LogP contribution in [0.4, 0.5) is 0 Å². The van der Waals surface area contributed by atoms with Crippen molar-refractivity contribution < 1.29 is 9.47 Å². The van der Waals surface area contributed by atoms with Crippen molar-refractivity contribution in [3.8, 4) is 5.75 Å². The lowest BCUT2D eigenvalue weighted by Crippen LogP contribution is -2.21. The van der Waals surface area contributed by atoms with Gasteiger partial charge in [0.2, 0.25) is 0 Å². The molecule has 0 aromatic heterocycles. The lowest BCUT2D eigenvalue weighted by molar-refractivity contribution is 0.141. The molecule has 3 nitrogen and oxygen atoms in total. The first kappa shape index (κ1) is 11.4. The Morgan fingerprint density at radius 1 is 1.38 bits per heavy atom. The number of hydrogen-bond acceptors (Lipinski definition) is 3. The Labute approximate surface area is 96.8 Å². The monoisotopic (exact) mass is 221 g/mol. The molecule has 0 amide bonds. The summed E-state index contributed by atoms with van der Waals surface area (Å²) in [5, 5.41) is 3.38. The standard InChI is InChI=1S/C13H19NO2/c1-2-16-13-5-3-11(4-6-13)12-9-14-7-8-15-10-12/h3-6,12,14H,2,7-10H2,1H3. The quantitative estimate of drug-likeness (QED) is 0.844. The van der Waals surface area contributed by atoms with Gasteiger partial charge in [0, 0.05) is 19.0 Å². The molecule has 2 rings (SSSR count). The minimum atomic E-state index is 0.457. The number of ether oxygens (including phenoxy) is 2. The van der Waals surface area contributed by atoms with Crippen LogP contribution in [0.3, 0.4) is 0 Å².